The number of pyridine rings is 3. The number of halogens is 4. The van der Waals surface area contributed by atoms with E-state index in [0.717, 1.165) is 23.9 Å². The van der Waals surface area contributed by atoms with Crippen LogP contribution in [0.4, 0.5) is 24.7 Å². The molecule has 3 N–H and O–H groups in total. The average molecular weight is 661 g/mol. The van der Waals surface area contributed by atoms with Gasteiger partial charge in [0, 0.05) is 54.9 Å². The van der Waals surface area contributed by atoms with Gasteiger partial charge in [0.2, 0.25) is 5.89 Å². The molecule has 0 bridgehead atoms. The molecular formula is C34H28ClF3N6O3. The molecule has 1 atom stereocenters. The summed E-state index contributed by atoms with van der Waals surface area (Å²) in [6, 6.07) is 13.1. The van der Waals surface area contributed by atoms with Crippen molar-refractivity contribution in [3.8, 4) is 22.7 Å². The van der Waals surface area contributed by atoms with Crippen LogP contribution < -0.4 is 5.32 Å². The molecule has 0 radical (unpaired) electrons. The van der Waals surface area contributed by atoms with Crippen molar-refractivity contribution >= 4 is 45.1 Å². The highest BCUT2D eigenvalue weighted by Crippen LogP contribution is 2.44. The lowest BCUT2D eigenvalue weighted by molar-refractivity contribution is -0.136. The molecule has 47 heavy (non-hydrogen) atoms. The standard InChI is InChI=1S/C34H28ClF3N6O3/c1-18-23(30-28(34(36,37)38)24(6-9-39-30)33-43-27-13-19(17-45)12-25(35)31(27)47-33)3-2-4-26(18)42-32-29-21(5-8-40-32)11-20(14-41-29)15-44-10-7-22(46)16-44/h2-6,8-9,11-14,22,45-46H,7,10,15-17H2,1H3,(H,40,42)/t22-/m1/s1. The first kappa shape index (κ1) is 31.0. The van der Waals surface area contributed by atoms with Crippen LogP contribution in [0.25, 0.3) is 44.7 Å². The molecule has 1 aliphatic heterocycles. The van der Waals surface area contributed by atoms with E-state index in [1.165, 1.54) is 24.4 Å². The number of nitrogens with zero attached hydrogens (tertiary/aromatic N) is 5. The van der Waals surface area contributed by atoms with E-state index in [9.17, 15) is 23.4 Å². The Kier molecular flexibility index (Phi) is 8.04. The van der Waals surface area contributed by atoms with Gasteiger partial charge in [-0.05, 0) is 66.4 Å². The van der Waals surface area contributed by atoms with Crippen molar-refractivity contribution in [2.45, 2.75) is 38.8 Å². The maximum atomic E-state index is 14.8. The van der Waals surface area contributed by atoms with Crippen LogP contribution in [0, 0.1) is 6.92 Å². The smallest absolute Gasteiger partial charge is 0.419 e. The van der Waals surface area contributed by atoms with Crippen LogP contribution in [0.3, 0.4) is 0 Å². The normalized spacial score (nSPS) is 15.6. The summed E-state index contributed by atoms with van der Waals surface area (Å²) in [6.07, 6.45) is 0.331. The Morgan fingerprint density at radius 2 is 1.87 bits per heavy atom. The summed E-state index contributed by atoms with van der Waals surface area (Å²) in [5.41, 5.74) is 2.11. The molecule has 5 heterocycles. The number of hydrogen-bond donors (Lipinski definition) is 3. The minimum absolute atomic E-state index is 0.117. The third kappa shape index (κ3) is 6.00. The van der Waals surface area contributed by atoms with Gasteiger partial charge in [0.05, 0.1) is 34.6 Å². The number of aliphatic hydroxyl groups is 2. The van der Waals surface area contributed by atoms with Gasteiger partial charge in [0.15, 0.2) is 11.4 Å². The predicted octanol–water partition coefficient (Wildman–Crippen LogP) is 7.28. The van der Waals surface area contributed by atoms with Gasteiger partial charge < -0.3 is 19.9 Å². The van der Waals surface area contributed by atoms with E-state index in [2.05, 4.69) is 30.2 Å². The molecule has 1 saturated heterocycles. The van der Waals surface area contributed by atoms with Crippen LogP contribution in [-0.2, 0) is 19.3 Å². The van der Waals surface area contributed by atoms with Crippen LogP contribution in [0.1, 0.15) is 28.7 Å². The van der Waals surface area contributed by atoms with Crippen molar-refractivity contribution < 1.29 is 27.8 Å². The minimum Gasteiger partial charge on any atom is -0.434 e. The Morgan fingerprint density at radius 3 is 2.64 bits per heavy atom. The van der Waals surface area contributed by atoms with Crippen LogP contribution >= 0.6 is 11.6 Å². The maximum absolute atomic E-state index is 14.8. The number of oxazole rings is 1. The Balaban J connectivity index is 1.26. The summed E-state index contributed by atoms with van der Waals surface area (Å²) in [7, 11) is 0. The van der Waals surface area contributed by atoms with E-state index in [-0.39, 0.29) is 51.5 Å². The summed E-state index contributed by atoms with van der Waals surface area (Å²) >= 11 is 6.28. The van der Waals surface area contributed by atoms with E-state index >= 15 is 0 Å². The zero-order chi connectivity index (χ0) is 32.9. The SMILES string of the molecule is Cc1c(Nc2nccc3cc(CN4CC[C@@H](O)C4)cnc23)cccc1-c1nccc(-c2nc3cc(CO)cc(Cl)c3o2)c1C(F)(F)F. The van der Waals surface area contributed by atoms with Crippen molar-refractivity contribution in [2.24, 2.45) is 0 Å². The number of β-amino-alcohol motifs (C(OH)–C–C–N with tert-alkyl or cyclic N) is 1. The number of alkyl halides is 3. The van der Waals surface area contributed by atoms with Crippen molar-refractivity contribution in [3.63, 3.8) is 0 Å². The van der Waals surface area contributed by atoms with Gasteiger partial charge in [0.25, 0.3) is 0 Å². The molecule has 1 fully saturated rings. The second kappa shape index (κ2) is 12.2. The summed E-state index contributed by atoms with van der Waals surface area (Å²) in [6.45, 7) is 3.51. The quantitative estimate of drug-likeness (QED) is 0.162. The third-order valence-corrected chi connectivity index (χ3v) is 8.58. The molecule has 4 aromatic heterocycles. The summed E-state index contributed by atoms with van der Waals surface area (Å²) in [4.78, 5) is 19.8. The Bertz CT molecular complexity index is 2140. The number of fused-ring (bicyclic) bond motifs is 2. The molecule has 240 valence electrons. The first-order valence-electron chi connectivity index (χ1n) is 14.9. The highest BCUT2D eigenvalue weighted by atomic mass is 35.5. The monoisotopic (exact) mass is 660 g/mol. The lowest BCUT2D eigenvalue weighted by atomic mass is 9.96. The molecule has 6 aromatic rings. The molecule has 0 amide bonds. The van der Waals surface area contributed by atoms with Crippen molar-refractivity contribution in [2.75, 3.05) is 18.4 Å². The molecule has 0 unspecified atom stereocenters. The number of likely N-dealkylation sites (tertiary alicyclic amines) is 1. The summed E-state index contributed by atoms with van der Waals surface area (Å²) < 4.78 is 50.3. The molecule has 0 saturated carbocycles. The van der Waals surface area contributed by atoms with Gasteiger partial charge in [-0.15, -0.1) is 0 Å². The van der Waals surface area contributed by atoms with Crippen LogP contribution in [0.5, 0.6) is 0 Å². The highest BCUT2D eigenvalue weighted by Gasteiger charge is 2.39. The number of rotatable bonds is 7. The largest absolute Gasteiger partial charge is 0.434 e. The van der Waals surface area contributed by atoms with Gasteiger partial charge in [0.1, 0.15) is 11.0 Å². The number of nitrogens with one attached hydrogen (secondary N) is 1. The first-order chi connectivity index (χ1) is 22.6. The lowest BCUT2D eigenvalue weighted by Crippen LogP contribution is -2.21. The number of aromatic nitrogens is 4. The molecule has 0 aliphatic carbocycles. The van der Waals surface area contributed by atoms with Crippen LogP contribution in [0.2, 0.25) is 5.02 Å². The first-order valence-corrected chi connectivity index (χ1v) is 15.2. The maximum Gasteiger partial charge on any atom is 0.419 e. The van der Waals surface area contributed by atoms with E-state index in [1.807, 2.05) is 12.1 Å². The zero-order valence-corrected chi connectivity index (χ0v) is 25.8. The van der Waals surface area contributed by atoms with Gasteiger partial charge in [-0.3, -0.25) is 14.9 Å². The second-order valence-corrected chi connectivity index (χ2v) is 11.9. The lowest BCUT2D eigenvalue weighted by Gasteiger charge is -2.18. The Hall–Kier alpha value is -4.62. The Morgan fingerprint density at radius 1 is 1.04 bits per heavy atom. The topological polar surface area (TPSA) is 120 Å². The van der Waals surface area contributed by atoms with Crippen molar-refractivity contribution in [3.05, 3.63) is 94.4 Å². The number of anilines is 2. The molecule has 0 spiro atoms. The van der Waals surface area contributed by atoms with E-state index in [1.54, 1.807) is 37.5 Å². The van der Waals surface area contributed by atoms with Crippen molar-refractivity contribution in [1.29, 1.82) is 0 Å². The van der Waals surface area contributed by atoms with Gasteiger partial charge in [-0.2, -0.15) is 13.2 Å². The molecule has 9 nitrogen and oxygen atoms in total. The number of hydrogen-bond acceptors (Lipinski definition) is 9. The molecule has 13 heteroatoms. The third-order valence-electron chi connectivity index (χ3n) is 8.30. The fraction of sp³-hybridized carbons (Fsp3) is 0.235. The number of aliphatic hydroxyl groups excluding tert-OH is 2. The summed E-state index contributed by atoms with van der Waals surface area (Å²) in [5.74, 6) is 0.181. The van der Waals surface area contributed by atoms with Crippen LogP contribution in [-0.4, -0.2) is 54.2 Å². The van der Waals surface area contributed by atoms with Crippen molar-refractivity contribution in [1.82, 2.24) is 24.8 Å². The predicted molar refractivity (Wildman–Crippen MR) is 172 cm³/mol. The molecular weight excluding hydrogens is 633 g/mol. The van der Waals surface area contributed by atoms with Gasteiger partial charge in [-0.1, -0.05) is 23.7 Å². The molecule has 1 aliphatic rings. The Labute approximate surface area is 271 Å². The molecule has 7 rings (SSSR count). The minimum atomic E-state index is -4.82. The summed E-state index contributed by atoms with van der Waals surface area (Å²) in [5, 5.41) is 23.6. The fourth-order valence-electron chi connectivity index (χ4n) is 6.04. The fourth-order valence-corrected chi connectivity index (χ4v) is 6.31. The van der Waals surface area contributed by atoms with Gasteiger partial charge >= 0.3 is 6.18 Å². The van der Waals surface area contributed by atoms with E-state index in [0.29, 0.717) is 41.2 Å². The van der Waals surface area contributed by atoms with Gasteiger partial charge in [-0.25, -0.2) is 9.97 Å². The highest BCUT2D eigenvalue weighted by molar-refractivity contribution is 6.34. The van der Waals surface area contributed by atoms with E-state index < -0.39 is 11.7 Å². The zero-order valence-electron chi connectivity index (χ0n) is 25.0. The van der Waals surface area contributed by atoms with Crippen LogP contribution in [0.15, 0.2) is 71.5 Å². The van der Waals surface area contributed by atoms with E-state index in [4.69, 9.17) is 16.0 Å². The number of benzene rings is 2. The molecule has 2 aromatic carbocycles. The second-order valence-electron chi connectivity index (χ2n) is 11.5. The average Bonchev–Trinajstić information content (AvgIpc) is 3.67.